The fourth-order valence-corrected chi connectivity index (χ4v) is 5.52. The number of carbonyl (C=O) groups is 2. The first-order chi connectivity index (χ1) is 23.1. The van der Waals surface area contributed by atoms with E-state index < -0.39 is 29.9 Å². The molecule has 12 heteroatoms. The fraction of sp³-hybridized carbons (Fsp3) is 0.556. The van der Waals surface area contributed by atoms with E-state index in [-0.39, 0.29) is 12.4 Å². The van der Waals surface area contributed by atoms with Crippen LogP contribution in [0.5, 0.6) is 0 Å². The highest BCUT2D eigenvalue weighted by Crippen LogP contribution is 2.20. The van der Waals surface area contributed by atoms with Gasteiger partial charge in [0.1, 0.15) is 18.3 Å². The maximum absolute atomic E-state index is 12.7. The number of hydrogen-bond acceptors (Lipinski definition) is 10. The Morgan fingerprint density at radius 3 is 2.25 bits per heavy atom. The highest BCUT2D eigenvalue weighted by Gasteiger charge is 2.28. The standard InChI is InChI=1S/C36H52N6O6/c1-36(2,3)47-34(44)37-20-12-10-19-30(38-35(45)46-27-29-17-8-5-9-18-29)32(43)33-39-31(48-40-33)26-42-24-22-41(23-25-42)21-13-11-16-28-14-6-4-7-15-28/h4-9,14-15,17-18,30,32,43H,10-13,16,19-27H2,1-3H3,(H,37,44)(H,38,45). The van der Waals surface area contributed by atoms with Crippen LogP contribution >= 0.6 is 0 Å². The molecule has 0 radical (unpaired) electrons. The lowest BCUT2D eigenvalue weighted by Gasteiger charge is -2.33. The van der Waals surface area contributed by atoms with Crippen LogP contribution in [0.1, 0.15) is 81.8 Å². The third-order valence-corrected chi connectivity index (χ3v) is 8.11. The Morgan fingerprint density at radius 1 is 0.896 bits per heavy atom. The molecular weight excluding hydrogens is 612 g/mol. The summed E-state index contributed by atoms with van der Waals surface area (Å²) in [6.07, 6.45) is 2.72. The third-order valence-electron chi connectivity index (χ3n) is 8.11. The number of benzene rings is 2. The van der Waals surface area contributed by atoms with Gasteiger partial charge in [-0.3, -0.25) is 4.90 Å². The van der Waals surface area contributed by atoms with E-state index in [1.54, 1.807) is 20.8 Å². The van der Waals surface area contributed by atoms with Gasteiger partial charge < -0.3 is 34.6 Å². The molecule has 2 heterocycles. The number of ether oxygens (including phenoxy) is 2. The molecule has 0 bridgehead atoms. The monoisotopic (exact) mass is 664 g/mol. The Labute approximate surface area is 284 Å². The second-order valence-corrected chi connectivity index (χ2v) is 13.3. The number of rotatable bonds is 17. The largest absolute Gasteiger partial charge is 0.445 e. The topological polar surface area (TPSA) is 142 Å². The van der Waals surface area contributed by atoms with Gasteiger partial charge in [0.05, 0.1) is 12.6 Å². The number of aliphatic hydroxyl groups excluding tert-OH is 1. The molecule has 1 fully saturated rings. The van der Waals surface area contributed by atoms with Gasteiger partial charge >= 0.3 is 12.2 Å². The van der Waals surface area contributed by atoms with Crippen LogP contribution in [-0.2, 0) is 29.0 Å². The number of nitrogens with zero attached hydrogens (tertiary/aromatic N) is 4. The number of aromatic nitrogens is 2. The molecule has 2 amide bonds. The van der Waals surface area contributed by atoms with E-state index in [1.807, 2.05) is 30.3 Å². The number of nitrogens with one attached hydrogen (secondary N) is 2. The SMILES string of the molecule is CC(C)(C)OC(=O)NCCCCC(NC(=O)OCc1ccccc1)C(O)c1noc(CN2CCN(CCCCc3ccccc3)CC2)n1. The van der Waals surface area contributed by atoms with E-state index in [2.05, 4.69) is 60.9 Å². The van der Waals surface area contributed by atoms with E-state index >= 15 is 0 Å². The van der Waals surface area contributed by atoms with Crippen molar-refractivity contribution in [2.24, 2.45) is 0 Å². The summed E-state index contributed by atoms with van der Waals surface area (Å²) < 4.78 is 16.2. The van der Waals surface area contributed by atoms with Gasteiger partial charge in [0, 0.05) is 32.7 Å². The molecule has 1 aliphatic heterocycles. The lowest BCUT2D eigenvalue weighted by atomic mass is 10.0. The average Bonchev–Trinajstić information content (AvgIpc) is 3.54. The van der Waals surface area contributed by atoms with Crippen molar-refractivity contribution >= 4 is 12.2 Å². The van der Waals surface area contributed by atoms with Crippen molar-refractivity contribution in [3.05, 3.63) is 83.5 Å². The number of hydrogen-bond donors (Lipinski definition) is 3. The summed E-state index contributed by atoms with van der Waals surface area (Å²) in [7, 11) is 0. The lowest BCUT2D eigenvalue weighted by Crippen LogP contribution is -2.46. The van der Waals surface area contributed by atoms with Crippen LogP contribution in [0.3, 0.4) is 0 Å². The molecule has 12 nitrogen and oxygen atoms in total. The van der Waals surface area contributed by atoms with Crippen molar-refractivity contribution in [1.29, 1.82) is 0 Å². The summed E-state index contributed by atoms with van der Waals surface area (Å²) in [5, 5.41) is 20.8. The van der Waals surface area contributed by atoms with E-state index in [4.69, 9.17) is 14.0 Å². The van der Waals surface area contributed by atoms with Gasteiger partial charge in [0.15, 0.2) is 0 Å². The molecule has 4 rings (SSSR count). The zero-order chi connectivity index (χ0) is 34.2. The van der Waals surface area contributed by atoms with Crippen molar-refractivity contribution < 1.29 is 28.7 Å². The zero-order valence-corrected chi connectivity index (χ0v) is 28.6. The molecule has 1 aromatic heterocycles. The maximum Gasteiger partial charge on any atom is 0.407 e. The first-order valence-corrected chi connectivity index (χ1v) is 17.1. The number of alkyl carbamates (subject to hydrolysis) is 2. The van der Waals surface area contributed by atoms with Crippen molar-refractivity contribution in [3.63, 3.8) is 0 Å². The molecule has 262 valence electrons. The van der Waals surface area contributed by atoms with Gasteiger partial charge in [-0.2, -0.15) is 4.98 Å². The Balaban J connectivity index is 1.23. The van der Waals surface area contributed by atoms with Gasteiger partial charge in [-0.15, -0.1) is 0 Å². The van der Waals surface area contributed by atoms with E-state index in [0.717, 1.165) is 44.7 Å². The van der Waals surface area contributed by atoms with Crippen LogP contribution in [0, 0.1) is 0 Å². The predicted octanol–water partition coefficient (Wildman–Crippen LogP) is 5.23. The van der Waals surface area contributed by atoms with Crippen molar-refractivity contribution in [2.45, 2.75) is 90.2 Å². The first-order valence-electron chi connectivity index (χ1n) is 17.1. The Morgan fingerprint density at radius 2 is 1.56 bits per heavy atom. The number of piperazine rings is 1. The molecule has 2 unspecified atom stereocenters. The number of unbranched alkanes of at least 4 members (excludes halogenated alkanes) is 2. The van der Waals surface area contributed by atoms with Crippen LogP contribution in [-0.4, -0.2) is 88.1 Å². The Bertz CT molecular complexity index is 1360. The molecule has 2 aromatic carbocycles. The summed E-state index contributed by atoms with van der Waals surface area (Å²) in [4.78, 5) is 34.0. The van der Waals surface area contributed by atoms with Gasteiger partial charge in [-0.25, -0.2) is 9.59 Å². The van der Waals surface area contributed by atoms with Gasteiger partial charge in [-0.1, -0.05) is 65.8 Å². The smallest absolute Gasteiger partial charge is 0.407 e. The van der Waals surface area contributed by atoms with E-state index in [0.29, 0.717) is 38.2 Å². The minimum Gasteiger partial charge on any atom is -0.445 e. The lowest BCUT2D eigenvalue weighted by molar-refractivity contribution is 0.0526. The maximum atomic E-state index is 12.7. The van der Waals surface area contributed by atoms with Crippen LogP contribution < -0.4 is 10.6 Å². The molecule has 0 aliphatic carbocycles. The van der Waals surface area contributed by atoms with Crippen molar-refractivity contribution in [1.82, 2.24) is 30.6 Å². The Kier molecular flexibility index (Phi) is 14.7. The number of aryl methyl sites for hydroxylation is 1. The predicted molar refractivity (Wildman–Crippen MR) is 182 cm³/mol. The minimum atomic E-state index is -1.21. The highest BCUT2D eigenvalue weighted by atomic mass is 16.6. The molecule has 48 heavy (non-hydrogen) atoms. The average molecular weight is 665 g/mol. The van der Waals surface area contributed by atoms with Gasteiger partial charge in [0.2, 0.25) is 11.7 Å². The summed E-state index contributed by atoms with van der Waals surface area (Å²) in [6.45, 7) is 11.3. The molecule has 1 aliphatic rings. The van der Waals surface area contributed by atoms with E-state index in [9.17, 15) is 14.7 Å². The summed E-state index contributed by atoms with van der Waals surface area (Å²) in [5.74, 6) is 0.537. The zero-order valence-electron chi connectivity index (χ0n) is 28.6. The summed E-state index contributed by atoms with van der Waals surface area (Å²) >= 11 is 0. The number of amides is 2. The quantitative estimate of drug-likeness (QED) is 0.164. The first kappa shape index (κ1) is 36.8. The molecule has 0 spiro atoms. The summed E-state index contributed by atoms with van der Waals surface area (Å²) in [6, 6.07) is 19.3. The molecule has 1 saturated heterocycles. The summed E-state index contributed by atoms with van der Waals surface area (Å²) in [5.41, 5.74) is 1.66. The Hall–Kier alpha value is -4.00. The number of aliphatic hydroxyl groups is 1. The van der Waals surface area contributed by atoms with Gasteiger partial charge in [0.25, 0.3) is 0 Å². The van der Waals surface area contributed by atoms with Crippen LogP contribution in [0.25, 0.3) is 0 Å². The normalized spacial score (nSPS) is 15.4. The molecule has 3 aromatic rings. The van der Waals surface area contributed by atoms with Crippen LogP contribution in [0.4, 0.5) is 9.59 Å². The second-order valence-electron chi connectivity index (χ2n) is 13.3. The molecular formula is C36H52N6O6. The van der Waals surface area contributed by atoms with Gasteiger partial charge in [-0.05, 0) is 77.0 Å². The molecule has 2 atom stereocenters. The molecule has 0 saturated carbocycles. The highest BCUT2D eigenvalue weighted by molar-refractivity contribution is 5.68. The van der Waals surface area contributed by atoms with Crippen LogP contribution in [0.2, 0.25) is 0 Å². The van der Waals surface area contributed by atoms with Crippen LogP contribution in [0.15, 0.2) is 65.2 Å². The van der Waals surface area contributed by atoms with Crippen molar-refractivity contribution in [2.75, 3.05) is 39.3 Å². The molecule has 3 N–H and O–H groups in total. The second kappa shape index (κ2) is 19.1. The third kappa shape index (κ3) is 13.6. The van der Waals surface area contributed by atoms with Crippen molar-refractivity contribution in [3.8, 4) is 0 Å². The minimum absolute atomic E-state index is 0.0998. The van der Waals surface area contributed by atoms with E-state index in [1.165, 1.54) is 18.4 Å². The fourth-order valence-electron chi connectivity index (χ4n) is 5.52. The number of carbonyl (C=O) groups excluding carboxylic acids is 2.